The van der Waals surface area contributed by atoms with E-state index in [0.29, 0.717) is 6.42 Å². The number of rotatable bonds is 4. The summed E-state index contributed by atoms with van der Waals surface area (Å²) in [5, 5.41) is 3.91. The third-order valence-corrected chi connectivity index (χ3v) is 4.30. The average Bonchev–Trinajstić information content (AvgIpc) is 2.98. The summed E-state index contributed by atoms with van der Waals surface area (Å²) in [6, 6.07) is 12.2. The smallest absolute Gasteiger partial charge is 0.222 e. The van der Waals surface area contributed by atoms with Gasteiger partial charge in [-0.15, -0.1) is 0 Å². The number of para-hydroxylation sites is 1. The first-order chi connectivity index (χ1) is 11.1. The average molecular weight is 307 g/mol. The highest BCUT2D eigenvalue weighted by atomic mass is 16.1. The zero-order chi connectivity index (χ0) is 16.4. The maximum Gasteiger partial charge on any atom is 0.222 e. The summed E-state index contributed by atoms with van der Waals surface area (Å²) in [5.41, 5.74) is 4.39. The second kappa shape index (κ2) is 6.24. The van der Waals surface area contributed by atoms with Crippen molar-refractivity contribution in [2.75, 3.05) is 7.05 Å². The van der Waals surface area contributed by atoms with Crippen molar-refractivity contribution in [3.8, 4) is 0 Å². The monoisotopic (exact) mass is 307 g/mol. The molecule has 118 valence electrons. The van der Waals surface area contributed by atoms with Crippen LogP contribution < -0.4 is 5.32 Å². The number of nitrogens with one attached hydrogen (secondary N) is 1. The predicted octanol–water partition coefficient (Wildman–Crippen LogP) is 3.38. The summed E-state index contributed by atoms with van der Waals surface area (Å²) in [5.74, 6) is 0.00971. The highest BCUT2D eigenvalue weighted by Crippen LogP contribution is 2.30. The van der Waals surface area contributed by atoms with Gasteiger partial charge in [-0.1, -0.05) is 24.3 Å². The van der Waals surface area contributed by atoms with Crippen LogP contribution in [-0.2, 0) is 4.79 Å². The van der Waals surface area contributed by atoms with Gasteiger partial charge in [-0.05, 0) is 42.5 Å². The van der Waals surface area contributed by atoms with Crippen molar-refractivity contribution >= 4 is 16.8 Å². The molecule has 2 aromatic heterocycles. The van der Waals surface area contributed by atoms with Gasteiger partial charge in [0.2, 0.25) is 5.91 Å². The second-order valence-electron chi connectivity index (χ2n) is 5.83. The molecule has 0 fully saturated rings. The Bertz CT molecular complexity index is 851. The Balaban J connectivity index is 2.18. The molecule has 0 saturated carbocycles. The molecule has 0 saturated heterocycles. The fraction of sp³-hybridized carbons (Fsp3) is 0.263. The molecule has 1 aromatic carbocycles. The summed E-state index contributed by atoms with van der Waals surface area (Å²) in [6.45, 7) is 4.14. The second-order valence-corrected chi connectivity index (χ2v) is 5.83. The first-order valence-corrected chi connectivity index (χ1v) is 7.80. The molecule has 3 aromatic rings. The SMILES string of the molecule is CNC(=O)CC(c1ncccc1C)n1ccc2cccc(C)c21. The zero-order valence-corrected chi connectivity index (χ0v) is 13.7. The molecule has 0 aliphatic heterocycles. The molecule has 0 aliphatic rings. The van der Waals surface area contributed by atoms with Gasteiger partial charge in [-0.3, -0.25) is 9.78 Å². The van der Waals surface area contributed by atoms with E-state index in [1.165, 1.54) is 10.9 Å². The van der Waals surface area contributed by atoms with Crippen LogP contribution in [0.25, 0.3) is 10.9 Å². The van der Waals surface area contributed by atoms with Crippen molar-refractivity contribution in [1.82, 2.24) is 14.9 Å². The minimum absolute atomic E-state index is 0.00971. The Kier molecular flexibility index (Phi) is 4.15. The van der Waals surface area contributed by atoms with Crippen molar-refractivity contribution < 1.29 is 4.79 Å². The minimum atomic E-state index is -0.116. The highest BCUT2D eigenvalue weighted by Gasteiger charge is 2.22. The number of hydrogen-bond donors (Lipinski definition) is 1. The Labute approximate surface area is 136 Å². The van der Waals surface area contributed by atoms with Gasteiger partial charge in [0.15, 0.2) is 0 Å². The van der Waals surface area contributed by atoms with Crippen molar-refractivity contribution in [2.45, 2.75) is 26.3 Å². The minimum Gasteiger partial charge on any atom is -0.359 e. The van der Waals surface area contributed by atoms with Crippen LogP contribution >= 0.6 is 0 Å². The first-order valence-electron chi connectivity index (χ1n) is 7.80. The number of carbonyl (C=O) groups is 1. The van der Waals surface area contributed by atoms with E-state index in [1.54, 1.807) is 13.2 Å². The standard InChI is InChI=1S/C19H21N3O/c1-13-7-5-10-21-18(13)16(12-17(23)20-3)22-11-9-15-8-4-6-14(2)19(15)22/h4-11,16H,12H2,1-3H3,(H,20,23). The number of nitrogens with zero attached hydrogens (tertiary/aromatic N) is 2. The summed E-state index contributed by atoms with van der Waals surface area (Å²) in [7, 11) is 1.67. The summed E-state index contributed by atoms with van der Waals surface area (Å²) >= 11 is 0. The van der Waals surface area contributed by atoms with Crippen molar-refractivity contribution in [3.05, 3.63) is 65.6 Å². The van der Waals surface area contributed by atoms with Crippen molar-refractivity contribution in [3.63, 3.8) is 0 Å². The van der Waals surface area contributed by atoms with E-state index in [4.69, 9.17) is 0 Å². The van der Waals surface area contributed by atoms with Gasteiger partial charge >= 0.3 is 0 Å². The Morgan fingerprint density at radius 3 is 2.70 bits per heavy atom. The number of benzene rings is 1. The molecule has 4 nitrogen and oxygen atoms in total. The van der Waals surface area contributed by atoms with Gasteiger partial charge in [0, 0.05) is 19.4 Å². The molecule has 1 atom stereocenters. The molecule has 0 bridgehead atoms. The molecule has 1 N–H and O–H groups in total. The van der Waals surface area contributed by atoms with Crippen molar-refractivity contribution in [2.24, 2.45) is 0 Å². The van der Waals surface area contributed by atoms with E-state index in [9.17, 15) is 4.79 Å². The highest BCUT2D eigenvalue weighted by molar-refractivity contribution is 5.84. The van der Waals surface area contributed by atoms with Gasteiger partial charge in [0.05, 0.1) is 23.7 Å². The lowest BCUT2D eigenvalue weighted by Gasteiger charge is -2.21. The number of aromatic nitrogens is 2. The van der Waals surface area contributed by atoms with Gasteiger partial charge < -0.3 is 9.88 Å². The predicted molar refractivity (Wildman–Crippen MR) is 92.5 cm³/mol. The summed E-state index contributed by atoms with van der Waals surface area (Å²) < 4.78 is 2.18. The van der Waals surface area contributed by atoms with Crippen molar-refractivity contribution in [1.29, 1.82) is 0 Å². The summed E-state index contributed by atoms with van der Waals surface area (Å²) in [4.78, 5) is 16.6. The molecule has 3 rings (SSSR count). The topological polar surface area (TPSA) is 46.9 Å². The van der Waals surface area contributed by atoms with E-state index in [0.717, 1.165) is 16.8 Å². The quantitative estimate of drug-likeness (QED) is 0.803. The van der Waals surface area contributed by atoms with Gasteiger partial charge in [-0.2, -0.15) is 0 Å². The number of pyridine rings is 1. The van der Waals surface area contributed by atoms with Crippen LogP contribution in [0.5, 0.6) is 0 Å². The molecule has 0 spiro atoms. The number of carbonyl (C=O) groups excluding carboxylic acids is 1. The molecule has 1 amide bonds. The van der Waals surface area contributed by atoms with Gasteiger partial charge in [-0.25, -0.2) is 0 Å². The number of aryl methyl sites for hydroxylation is 2. The zero-order valence-electron chi connectivity index (χ0n) is 13.7. The van der Waals surface area contributed by atoms with E-state index in [-0.39, 0.29) is 11.9 Å². The summed E-state index contributed by atoms with van der Waals surface area (Å²) in [6.07, 6.45) is 4.21. The van der Waals surface area contributed by atoms with Crippen LogP contribution in [0.1, 0.15) is 29.3 Å². The number of fused-ring (bicyclic) bond motifs is 1. The van der Waals surface area contributed by atoms with Crippen LogP contribution in [0.3, 0.4) is 0 Å². The van der Waals surface area contributed by atoms with E-state index in [2.05, 4.69) is 52.3 Å². The van der Waals surface area contributed by atoms with Crippen LogP contribution in [-0.4, -0.2) is 22.5 Å². The van der Waals surface area contributed by atoms with Gasteiger partial charge in [0.25, 0.3) is 0 Å². The van der Waals surface area contributed by atoms with Crippen LogP contribution in [0.15, 0.2) is 48.8 Å². The maximum absolute atomic E-state index is 12.1. The molecule has 23 heavy (non-hydrogen) atoms. The fourth-order valence-corrected chi connectivity index (χ4v) is 3.11. The first kappa shape index (κ1) is 15.3. The lowest BCUT2D eigenvalue weighted by molar-refractivity contribution is -0.121. The maximum atomic E-state index is 12.1. The van der Waals surface area contributed by atoms with Crippen LogP contribution in [0, 0.1) is 13.8 Å². The van der Waals surface area contributed by atoms with Crippen LogP contribution in [0.2, 0.25) is 0 Å². The Morgan fingerprint density at radius 1 is 1.17 bits per heavy atom. The molecule has 1 unspecified atom stereocenters. The fourth-order valence-electron chi connectivity index (χ4n) is 3.11. The van der Waals surface area contributed by atoms with E-state index in [1.807, 2.05) is 19.1 Å². The number of hydrogen-bond acceptors (Lipinski definition) is 2. The largest absolute Gasteiger partial charge is 0.359 e. The molecule has 0 radical (unpaired) electrons. The molecular weight excluding hydrogens is 286 g/mol. The third-order valence-electron chi connectivity index (χ3n) is 4.30. The molecule has 2 heterocycles. The lowest BCUT2D eigenvalue weighted by atomic mass is 10.0. The van der Waals surface area contributed by atoms with Gasteiger partial charge in [0.1, 0.15) is 0 Å². The number of amides is 1. The molecular formula is C19H21N3O. The molecule has 0 aliphatic carbocycles. The molecule has 4 heteroatoms. The lowest BCUT2D eigenvalue weighted by Crippen LogP contribution is -2.24. The van der Waals surface area contributed by atoms with E-state index < -0.39 is 0 Å². The Hall–Kier alpha value is -2.62. The normalized spacial score (nSPS) is 12.3. The van der Waals surface area contributed by atoms with Crippen LogP contribution in [0.4, 0.5) is 0 Å². The Morgan fingerprint density at radius 2 is 1.96 bits per heavy atom. The third kappa shape index (κ3) is 2.84. The van der Waals surface area contributed by atoms with E-state index >= 15 is 0 Å².